The Morgan fingerprint density at radius 2 is 2.05 bits per heavy atom. The number of rotatable bonds is 6. The number of oxime groups is 1. The van der Waals surface area contributed by atoms with E-state index in [-0.39, 0.29) is 13.0 Å². The Hall–Kier alpha value is -1.92. The zero-order chi connectivity index (χ0) is 14.3. The topological polar surface area (TPSA) is 82.4 Å². The molecule has 1 unspecified atom stereocenters. The van der Waals surface area contributed by atoms with E-state index in [1.807, 2.05) is 18.2 Å². The van der Waals surface area contributed by atoms with Crippen molar-refractivity contribution in [1.82, 2.24) is 5.06 Å². The zero-order valence-corrected chi connectivity index (χ0v) is 11.0. The summed E-state index contributed by atoms with van der Waals surface area (Å²) in [5, 5.41) is 23.1. The molecule has 0 spiro atoms. The van der Waals surface area contributed by atoms with Crippen LogP contribution < -0.4 is 0 Å². The van der Waals surface area contributed by atoms with E-state index in [2.05, 4.69) is 9.89 Å². The second-order valence-electron chi connectivity index (χ2n) is 4.02. The molecule has 0 aliphatic heterocycles. The number of carbonyl (C=O) groups excluding carboxylic acids is 1. The van der Waals surface area contributed by atoms with Gasteiger partial charge in [-0.3, -0.25) is 4.79 Å². The Labute approximate surface area is 111 Å². The maximum atomic E-state index is 11.0. The van der Waals surface area contributed by atoms with Gasteiger partial charge in [0.05, 0.1) is 19.6 Å². The second-order valence-corrected chi connectivity index (χ2v) is 4.02. The van der Waals surface area contributed by atoms with Crippen LogP contribution in [0.25, 0.3) is 0 Å². The Morgan fingerprint density at radius 1 is 1.42 bits per heavy atom. The van der Waals surface area contributed by atoms with Crippen LogP contribution >= 0.6 is 0 Å². The summed E-state index contributed by atoms with van der Waals surface area (Å²) in [5.41, 5.74) is 1.03. The predicted molar refractivity (Wildman–Crippen MR) is 69.4 cm³/mol. The second kappa shape index (κ2) is 7.50. The summed E-state index contributed by atoms with van der Waals surface area (Å²) in [4.78, 5) is 11.0. The first-order valence-electron chi connectivity index (χ1n) is 5.89. The molecule has 6 nitrogen and oxygen atoms in total. The number of nitrogens with zero attached hydrogens (tertiary/aromatic N) is 2. The molecule has 0 aliphatic carbocycles. The number of carbonyl (C=O) groups is 1. The first kappa shape index (κ1) is 15.1. The number of hydroxylamine groups is 2. The van der Waals surface area contributed by atoms with Crippen molar-refractivity contribution < 1.29 is 19.9 Å². The van der Waals surface area contributed by atoms with Crippen LogP contribution in [-0.4, -0.2) is 46.9 Å². The van der Waals surface area contributed by atoms with E-state index in [4.69, 9.17) is 5.21 Å². The number of ether oxygens (including phenoxy) is 1. The van der Waals surface area contributed by atoms with E-state index < -0.39 is 12.0 Å². The van der Waals surface area contributed by atoms with Crippen molar-refractivity contribution in [3.63, 3.8) is 0 Å². The van der Waals surface area contributed by atoms with Crippen molar-refractivity contribution in [1.29, 1.82) is 0 Å². The van der Waals surface area contributed by atoms with E-state index in [1.54, 1.807) is 19.1 Å². The van der Waals surface area contributed by atoms with E-state index in [1.165, 1.54) is 7.11 Å². The normalized spacial score (nSPS) is 13.4. The van der Waals surface area contributed by atoms with Crippen molar-refractivity contribution >= 4 is 11.7 Å². The molecule has 1 aromatic rings. The monoisotopic (exact) mass is 266 g/mol. The average molecular weight is 266 g/mol. The summed E-state index contributed by atoms with van der Waals surface area (Å²) in [5.74, 6) is -0.409. The molecule has 0 radical (unpaired) electrons. The van der Waals surface area contributed by atoms with Gasteiger partial charge in [-0.1, -0.05) is 35.5 Å². The number of hydrogen-bond donors (Lipinski definition) is 2. The van der Waals surface area contributed by atoms with E-state index >= 15 is 0 Å². The third kappa shape index (κ3) is 4.35. The maximum Gasteiger partial charge on any atom is 0.306 e. The quantitative estimate of drug-likeness (QED) is 0.353. The average Bonchev–Trinajstić information content (AvgIpc) is 2.46. The van der Waals surface area contributed by atoms with Gasteiger partial charge >= 0.3 is 5.97 Å². The molecule has 0 bridgehead atoms. The van der Waals surface area contributed by atoms with Crippen molar-refractivity contribution in [2.75, 3.05) is 13.7 Å². The van der Waals surface area contributed by atoms with Gasteiger partial charge in [0.1, 0.15) is 5.71 Å². The highest BCUT2D eigenvalue weighted by molar-refractivity contribution is 6.03. The lowest BCUT2D eigenvalue weighted by atomic mass is 10.0. The maximum absolute atomic E-state index is 11.0. The number of hydrogen-bond acceptors (Lipinski definition) is 6. The molecule has 0 saturated heterocycles. The molecule has 2 N–H and O–H groups in total. The van der Waals surface area contributed by atoms with Crippen LogP contribution in [0, 0.1) is 0 Å². The highest BCUT2D eigenvalue weighted by Gasteiger charge is 2.20. The lowest BCUT2D eigenvalue weighted by Gasteiger charge is -2.22. The molecule has 0 aliphatic rings. The Balaban J connectivity index is 2.69. The SMILES string of the molecule is COC(=O)CCN(O)C(C)/C(=N/O)c1ccccc1. The Morgan fingerprint density at radius 3 is 2.58 bits per heavy atom. The highest BCUT2D eigenvalue weighted by atomic mass is 16.5. The van der Waals surface area contributed by atoms with Gasteiger partial charge in [-0.2, -0.15) is 5.06 Å². The van der Waals surface area contributed by atoms with Crippen molar-refractivity contribution in [2.45, 2.75) is 19.4 Å². The largest absolute Gasteiger partial charge is 0.469 e. The molecule has 19 heavy (non-hydrogen) atoms. The number of esters is 1. The van der Waals surface area contributed by atoms with Gasteiger partial charge in [0.15, 0.2) is 0 Å². The third-order valence-corrected chi connectivity index (χ3v) is 2.79. The molecule has 1 atom stereocenters. The molecule has 0 heterocycles. The number of benzene rings is 1. The molecular formula is C13H18N2O4. The minimum absolute atomic E-state index is 0.0604. The lowest BCUT2D eigenvalue weighted by molar-refractivity contribution is -0.146. The summed E-state index contributed by atoms with van der Waals surface area (Å²) < 4.78 is 4.50. The van der Waals surface area contributed by atoms with E-state index in [0.29, 0.717) is 11.3 Å². The van der Waals surface area contributed by atoms with Crippen LogP contribution in [0.5, 0.6) is 0 Å². The first-order valence-corrected chi connectivity index (χ1v) is 5.89. The van der Waals surface area contributed by atoms with Crippen LogP contribution in [0.2, 0.25) is 0 Å². The van der Waals surface area contributed by atoms with Gasteiger partial charge in [-0.05, 0) is 6.92 Å². The van der Waals surface area contributed by atoms with E-state index in [9.17, 15) is 10.0 Å². The fourth-order valence-corrected chi connectivity index (χ4v) is 1.63. The molecular weight excluding hydrogens is 248 g/mol. The first-order chi connectivity index (χ1) is 9.10. The van der Waals surface area contributed by atoms with Crippen LogP contribution in [0.4, 0.5) is 0 Å². The summed E-state index contributed by atoms with van der Waals surface area (Å²) in [6, 6.07) is 8.47. The Bertz CT molecular complexity index is 434. The fraction of sp³-hybridized carbons (Fsp3) is 0.385. The predicted octanol–water partition coefficient (Wildman–Crippen LogP) is 1.51. The molecule has 1 rings (SSSR count). The highest BCUT2D eigenvalue weighted by Crippen LogP contribution is 2.09. The standard InChI is InChI=1S/C13H18N2O4/c1-10(15(18)9-8-12(16)19-2)13(14-17)11-6-4-3-5-7-11/h3-7,10,17-18H,8-9H2,1-2H3/b14-13-. The van der Waals surface area contributed by atoms with Crippen LogP contribution in [0.15, 0.2) is 35.5 Å². The smallest absolute Gasteiger partial charge is 0.306 e. The van der Waals surface area contributed by atoms with Crippen LogP contribution in [-0.2, 0) is 9.53 Å². The van der Waals surface area contributed by atoms with Crippen LogP contribution in [0.3, 0.4) is 0 Å². The van der Waals surface area contributed by atoms with Gasteiger partial charge < -0.3 is 15.2 Å². The van der Waals surface area contributed by atoms with Crippen LogP contribution in [0.1, 0.15) is 18.9 Å². The van der Waals surface area contributed by atoms with Gasteiger partial charge in [0.25, 0.3) is 0 Å². The minimum atomic E-state index is -0.544. The summed E-state index contributed by atoms with van der Waals surface area (Å²) >= 11 is 0. The summed E-state index contributed by atoms with van der Waals surface area (Å²) in [6.07, 6.45) is 0.0604. The fourth-order valence-electron chi connectivity index (χ4n) is 1.63. The Kier molecular flexibility index (Phi) is 5.98. The molecule has 0 saturated carbocycles. The van der Waals surface area contributed by atoms with Gasteiger partial charge in [-0.15, -0.1) is 0 Å². The summed E-state index contributed by atoms with van der Waals surface area (Å²) in [6.45, 7) is 1.78. The molecule has 6 heteroatoms. The molecule has 104 valence electrons. The van der Waals surface area contributed by atoms with Gasteiger partial charge in [0.2, 0.25) is 0 Å². The molecule has 0 aromatic heterocycles. The minimum Gasteiger partial charge on any atom is -0.469 e. The van der Waals surface area contributed by atoms with Gasteiger partial charge in [-0.25, -0.2) is 0 Å². The third-order valence-electron chi connectivity index (χ3n) is 2.79. The van der Waals surface area contributed by atoms with Crippen molar-refractivity contribution in [2.24, 2.45) is 5.16 Å². The molecule has 0 fully saturated rings. The van der Waals surface area contributed by atoms with E-state index in [0.717, 1.165) is 5.06 Å². The number of methoxy groups -OCH3 is 1. The molecule has 0 amide bonds. The summed E-state index contributed by atoms with van der Waals surface area (Å²) in [7, 11) is 1.29. The zero-order valence-electron chi connectivity index (χ0n) is 11.0. The van der Waals surface area contributed by atoms with Crippen molar-refractivity contribution in [3.05, 3.63) is 35.9 Å². The molecule has 1 aromatic carbocycles. The van der Waals surface area contributed by atoms with Gasteiger partial charge in [0, 0.05) is 12.1 Å². The van der Waals surface area contributed by atoms with Crippen molar-refractivity contribution in [3.8, 4) is 0 Å². The lowest BCUT2D eigenvalue weighted by Crippen LogP contribution is -2.38.